The number of sulfonamides is 1. The standard InChI is InChI=1S/C17H17N3O3S2/c21-25(22,17-7-6-16(24-17)15-8-9-18-23-15)20-12-10-19(11-13-20)14-4-2-1-3-5-14/h1-9H,10-13H2. The molecule has 1 aliphatic rings. The molecule has 0 spiro atoms. The van der Waals surface area contributed by atoms with Crippen molar-refractivity contribution in [2.75, 3.05) is 31.1 Å². The average Bonchev–Trinajstić information content (AvgIpc) is 3.34. The molecule has 0 N–H and O–H groups in total. The molecule has 1 aliphatic heterocycles. The number of hydrogen-bond donors (Lipinski definition) is 0. The van der Waals surface area contributed by atoms with E-state index in [2.05, 4.69) is 10.1 Å². The molecular formula is C17H17N3O3S2. The molecule has 3 aromatic rings. The van der Waals surface area contributed by atoms with Gasteiger partial charge in [0, 0.05) is 37.9 Å². The number of rotatable bonds is 4. The lowest BCUT2D eigenvalue weighted by Gasteiger charge is -2.35. The number of hydrogen-bond acceptors (Lipinski definition) is 6. The summed E-state index contributed by atoms with van der Waals surface area (Å²) in [5.41, 5.74) is 1.13. The molecule has 1 fully saturated rings. The van der Waals surface area contributed by atoms with Crippen molar-refractivity contribution in [1.82, 2.24) is 9.46 Å². The second-order valence-electron chi connectivity index (χ2n) is 5.72. The van der Waals surface area contributed by atoms with Gasteiger partial charge in [-0.15, -0.1) is 11.3 Å². The van der Waals surface area contributed by atoms with E-state index in [-0.39, 0.29) is 0 Å². The van der Waals surface area contributed by atoms with Crippen LogP contribution in [0.15, 0.2) is 63.5 Å². The van der Waals surface area contributed by atoms with Gasteiger partial charge in [0.2, 0.25) is 0 Å². The first kappa shape index (κ1) is 16.3. The zero-order valence-electron chi connectivity index (χ0n) is 13.4. The fourth-order valence-electron chi connectivity index (χ4n) is 2.89. The minimum atomic E-state index is -3.47. The molecular weight excluding hydrogens is 358 g/mol. The van der Waals surface area contributed by atoms with Gasteiger partial charge in [0.05, 0.1) is 11.1 Å². The Labute approximate surface area is 150 Å². The highest BCUT2D eigenvalue weighted by molar-refractivity contribution is 7.91. The predicted octanol–water partition coefficient (Wildman–Crippen LogP) is 2.91. The van der Waals surface area contributed by atoms with Gasteiger partial charge in [0.25, 0.3) is 10.0 Å². The number of aromatic nitrogens is 1. The molecule has 2 aromatic heterocycles. The molecule has 6 nitrogen and oxygen atoms in total. The maximum Gasteiger partial charge on any atom is 0.252 e. The molecule has 3 heterocycles. The highest BCUT2D eigenvalue weighted by Crippen LogP contribution is 2.32. The van der Waals surface area contributed by atoms with Crippen molar-refractivity contribution in [3.63, 3.8) is 0 Å². The molecule has 0 atom stereocenters. The Bertz CT molecular complexity index is 929. The third-order valence-corrected chi connectivity index (χ3v) is 7.68. The van der Waals surface area contributed by atoms with Crippen LogP contribution in [0.5, 0.6) is 0 Å². The molecule has 0 amide bonds. The summed E-state index contributed by atoms with van der Waals surface area (Å²) >= 11 is 1.21. The van der Waals surface area contributed by atoms with Crippen molar-refractivity contribution >= 4 is 27.0 Å². The summed E-state index contributed by atoms with van der Waals surface area (Å²) in [4.78, 5) is 2.97. The van der Waals surface area contributed by atoms with Gasteiger partial charge in [0.15, 0.2) is 5.76 Å². The van der Waals surface area contributed by atoms with E-state index in [0.717, 1.165) is 10.6 Å². The highest BCUT2D eigenvalue weighted by Gasteiger charge is 2.30. The second kappa shape index (κ2) is 6.62. The van der Waals surface area contributed by atoms with E-state index in [9.17, 15) is 8.42 Å². The summed E-state index contributed by atoms with van der Waals surface area (Å²) in [6.45, 7) is 2.33. The molecule has 1 aromatic carbocycles. The predicted molar refractivity (Wildman–Crippen MR) is 97.2 cm³/mol. The Balaban J connectivity index is 1.49. The zero-order chi connectivity index (χ0) is 17.3. The van der Waals surface area contributed by atoms with Crippen molar-refractivity contribution in [2.45, 2.75) is 4.21 Å². The summed E-state index contributed by atoms with van der Waals surface area (Å²) in [6, 6.07) is 15.2. The zero-order valence-corrected chi connectivity index (χ0v) is 15.0. The lowest BCUT2D eigenvalue weighted by atomic mass is 10.2. The van der Waals surface area contributed by atoms with E-state index in [1.165, 1.54) is 11.3 Å². The number of para-hydroxylation sites is 1. The third kappa shape index (κ3) is 3.20. The first-order chi connectivity index (χ1) is 12.1. The van der Waals surface area contributed by atoms with Crippen LogP contribution in [0, 0.1) is 0 Å². The van der Waals surface area contributed by atoms with E-state index in [0.29, 0.717) is 36.1 Å². The number of anilines is 1. The van der Waals surface area contributed by atoms with Crippen molar-refractivity contribution in [3.8, 4) is 10.6 Å². The lowest BCUT2D eigenvalue weighted by molar-refractivity contribution is 0.386. The van der Waals surface area contributed by atoms with Crippen LogP contribution in [-0.4, -0.2) is 44.1 Å². The van der Waals surface area contributed by atoms with Gasteiger partial charge in [-0.3, -0.25) is 0 Å². The van der Waals surface area contributed by atoms with Gasteiger partial charge in [-0.2, -0.15) is 4.31 Å². The first-order valence-corrected chi connectivity index (χ1v) is 10.2. The van der Waals surface area contributed by atoms with Gasteiger partial charge < -0.3 is 9.42 Å². The number of benzene rings is 1. The smallest absolute Gasteiger partial charge is 0.252 e. The molecule has 0 unspecified atom stereocenters. The molecule has 25 heavy (non-hydrogen) atoms. The van der Waals surface area contributed by atoms with Crippen LogP contribution in [0.4, 0.5) is 5.69 Å². The summed E-state index contributed by atoms with van der Waals surface area (Å²) in [5, 5.41) is 3.66. The van der Waals surface area contributed by atoms with Gasteiger partial charge in [-0.25, -0.2) is 8.42 Å². The fraction of sp³-hybridized carbons (Fsp3) is 0.235. The Hall–Kier alpha value is -2.16. The summed E-state index contributed by atoms with van der Waals surface area (Å²) < 4.78 is 32.8. The van der Waals surface area contributed by atoms with Gasteiger partial charge in [-0.1, -0.05) is 23.4 Å². The molecule has 0 aliphatic carbocycles. The van der Waals surface area contributed by atoms with Crippen LogP contribution in [0.25, 0.3) is 10.6 Å². The number of piperazine rings is 1. The molecule has 0 radical (unpaired) electrons. The van der Waals surface area contributed by atoms with Crippen LogP contribution < -0.4 is 4.90 Å². The van der Waals surface area contributed by atoms with Gasteiger partial charge >= 0.3 is 0 Å². The summed E-state index contributed by atoms with van der Waals surface area (Å²) in [5.74, 6) is 0.584. The normalized spacial score (nSPS) is 16.2. The van der Waals surface area contributed by atoms with Gasteiger partial charge in [0.1, 0.15) is 4.21 Å². The molecule has 1 saturated heterocycles. The van der Waals surface area contributed by atoms with Crippen LogP contribution in [0.3, 0.4) is 0 Å². The van der Waals surface area contributed by atoms with Crippen molar-refractivity contribution in [1.29, 1.82) is 0 Å². The van der Waals surface area contributed by atoms with Crippen LogP contribution in [0.2, 0.25) is 0 Å². The summed E-state index contributed by atoms with van der Waals surface area (Å²) in [6.07, 6.45) is 1.55. The Kier molecular flexibility index (Phi) is 4.32. The Morgan fingerprint density at radius 2 is 1.72 bits per heavy atom. The molecule has 0 bridgehead atoms. The largest absolute Gasteiger partial charge is 0.369 e. The molecule has 0 saturated carbocycles. The van der Waals surface area contributed by atoms with Crippen LogP contribution in [0.1, 0.15) is 0 Å². The van der Waals surface area contributed by atoms with E-state index in [1.807, 2.05) is 30.3 Å². The van der Waals surface area contributed by atoms with Crippen LogP contribution in [-0.2, 0) is 10.0 Å². The minimum absolute atomic E-state index is 0.340. The van der Waals surface area contributed by atoms with Crippen molar-refractivity contribution in [3.05, 3.63) is 54.7 Å². The monoisotopic (exact) mass is 375 g/mol. The highest BCUT2D eigenvalue weighted by atomic mass is 32.2. The molecule has 8 heteroatoms. The third-order valence-electron chi connectivity index (χ3n) is 4.22. The van der Waals surface area contributed by atoms with E-state index >= 15 is 0 Å². The maximum absolute atomic E-state index is 12.9. The second-order valence-corrected chi connectivity index (χ2v) is 8.97. The Morgan fingerprint density at radius 3 is 2.40 bits per heavy atom. The summed E-state index contributed by atoms with van der Waals surface area (Å²) in [7, 11) is -3.47. The van der Waals surface area contributed by atoms with Crippen LogP contribution >= 0.6 is 11.3 Å². The van der Waals surface area contributed by atoms with E-state index < -0.39 is 10.0 Å². The minimum Gasteiger partial charge on any atom is -0.369 e. The average molecular weight is 375 g/mol. The van der Waals surface area contributed by atoms with Crippen molar-refractivity contribution in [2.24, 2.45) is 0 Å². The van der Waals surface area contributed by atoms with Gasteiger partial charge in [-0.05, 0) is 24.3 Å². The van der Waals surface area contributed by atoms with E-state index in [1.54, 1.807) is 28.7 Å². The number of thiophene rings is 1. The quantitative estimate of drug-likeness (QED) is 0.701. The first-order valence-electron chi connectivity index (χ1n) is 7.96. The molecule has 4 rings (SSSR count). The van der Waals surface area contributed by atoms with Crippen molar-refractivity contribution < 1.29 is 12.9 Å². The Morgan fingerprint density at radius 1 is 0.960 bits per heavy atom. The van der Waals surface area contributed by atoms with E-state index in [4.69, 9.17) is 4.52 Å². The maximum atomic E-state index is 12.9. The topological polar surface area (TPSA) is 66.7 Å². The number of nitrogens with zero attached hydrogens (tertiary/aromatic N) is 3. The lowest BCUT2D eigenvalue weighted by Crippen LogP contribution is -2.48. The molecule has 130 valence electrons. The fourth-order valence-corrected chi connectivity index (χ4v) is 5.73. The SMILES string of the molecule is O=S(=O)(c1ccc(-c2ccno2)s1)N1CCN(c2ccccc2)CC1.